The average molecular weight is 189 g/mol. The summed E-state index contributed by atoms with van der Waals surface area (Å²) in [6, 6.07) is 0. The highest BCUT2D eigenvalue weighted by atomic mass is 32.2. The van der Waals surface area contributed by atoms with Crippen LogP contribution in [0.5, 0.6) is 0 Å². The van der Waals surface area contributed by atoms with Crippen LogP contribution >= 0.6 is 11.8 Å². The normalized spacial score (nSPS) is 26.0. The lowest BCUT2D eigenvalue weighted by atomic mass is 10.3. The first-order valence-electron chi connectivity index (χ1n) is 4.81. The summed E-state index contributed by atoms with van der Waals surface area (Å²) in [5.41, 5.74) is 0. The molecule has 0 bridgehead atoms. The Bertz CT molecular complexity index is 121. The fraction of sp³-hybridized carbons (Fsp3) is 1.00. The second-order valence-corrected chi connectivity index (χ2v) is 4.74. The monoisotopic (exact) mass is 189 g/mol. The molecule has 12 heavy (non-hydrogen) atoms. The van der Waals surface area contributed by atoms with Crippen LogP contribution in [0, 0.1) is 0 Å². The number of nitrogens with zero attached hydrogens (tertiary/aromatic N) is 1. The molecule has 0 amide bonds. The van der Waals surface area contributed by atoms with E-state index in [1.54, 1.807) is 0 Å². The third kappa shape index (κ3) is 3.33. The molecule has 1 atom stereocenters. The summed E-state index contributed by atoms with van der Waals surface area (Å²) in [4.78, 5) is 2.47. The number of aliphatic hydroxyl groups is 1. The average Bonchev–Trinajstić information content (AvgIpc) is 2.15. The summed E-state index contributed by atoms with van der Waals surface area (Å²) in [7, 11) is 0. The smallest absolute Gasteiger partial charge is 0.0562 e. The van der Waals surface area contributed by atoms with Crippen molar-refractivity contribution >= 4 is 11.8 Å². The van der Waals surface area contributed by atoms with Crippen molar-refractivity contribution in [3.05, 3.63) is 0 Å². The third-order valence-corrected chi connectivity index (χ3v) is 3.44. The molecule has 1 fully saturated rings. The minimum Gasteiger partial charge on any atom is -0.395 e. The van der Waals surface area contributed by atoms with Gasteiger partial charge in [-0.1, -0.05) is 13.3 Å². The van der Waals surface area contributed by atoms with E-state index in [1.165, 1.54) is 31.7 Å². The predicted molar refractivity (Wildman–Crippen MR) is 54.7 cm³/mol. The highest BCUT2D eigenvalue weighted by molar-refractivity contribution is 8.00. The van der Waals surface area contributed by atoms with Crippen molar-refractivity contribution in [2.45, 2.75) is 25.0 Å². The lowest BCUT2D eigenvalue weighted by Gasteiger charge is -2.31. The zero-order valence-corrected chi connectivity index (χ0v) is 8.65. The minimum atomic E-state index is 0.341. The highest BCUT2D eigenvalue weighted by Crippen LogP contribution is 2.17. The van der Waals surface area contributed by atoms with Gasteiger partial charge in [-0.25, -0.2) is 0 Å². The zero-order chi connectivity index (χ0) is 8.81. The summed E-state index contributed by atoms with van der Waals surface area (Å²) in [5, 5.41) is 9.45. The van der Waals surface area contributed by atoms with Crippen LogP contribution < -0.4 is 0 Å². The number of aliphatic hydroxyl groups excluding tert-OH is 1. The topological polar surface area (TPSA) is 23.5 Å². The molecule has 72 valence electrons. The number of rotatable bonds is 4. The second-order valence-electron chi connectivity index (χ2n) is 3.33. The Hall–Kier alpha value is 0.270. The number of hydrogen-bond donors (Lipinski definition) is 1. The molecule has 0 aromatic carbocycles. The Morgan fingerprint density at radius 3 is 3.08 bits per heavy atom. The van der Waals surface area contributed by atoms with Gasteiger partial charge in [0.15, 0.2) is 0 Å². The lowest BCUT2D eigenvalue weighted by molar-refractivity contribution is 0.228. The molecule has 1 unspecified atom stereocenters. The van der Waals surface area contributed by atoms with Crippen molar-refractivity contribution in [2.75, 3.05) is 32.0 Å². The van der Waals surface area contributed by atoms with Gasteiger partial charge in [-0.3, -0.25) is 0 Å². The predicted octanol–water partition coefficient (Wildman–Crippen LogP) is 1.20. The van der Waals surface area contributed by atoms with Crippen LogP contribution in [0.2, 0.25) is 0 Å². The number of thioether (sulfide) groups is 1. The molecule has 0 aromatic heterocycles. The summed E-state index contributed by atoms with van der Waals surface area (Å²) in [6.45, 7) is 6.07. The van der Waals surface area contributed by atoms with E-state index in [1.807, 2.05) is 11.8 Å². The van der Waals surface area contributed by atoms with E-state index in [-0.39, 0.29) is 0 Å². The quantitative estimate of drug-likeness (QED) is 0.719. The van der Waals surface area contributed by atoms with Crippen molar-refractivity contribution in [2.24, 2.45) is 0 Å². The largest absolute Gasteiger partial charge is 0.395 e. The van der Waals surface area contributed by atoms with Gasteiger partial charge in [0.05, 0.1) is 6.61 Å². The van der Waals surface area contributed by atoms with Crippen molar-refractivity contribution in [3.63, 3.8) is 0 Å². The Morgan fingerprint density at radius 1 is 1.58 bits per heavy atom. The zero-order valence-electron chi connectivity index (χ0n) is 7.83. The van der Waals surface area contributed by atoms with Gasteiger partial charge in [0.25, 0.3) is 0 Å². The Morgan fingerprint density at radius 2 is 2.42 bits per heavy atom. The van der Waals surface area contributed by atoms with Crippen LogP contribution in [0.4, 0.5) is 0 Å². The third-order valence-electron chi connectivity index (χ3n) is 2.25. The summed E-state index contributed by atoms with van der Waals surface area (Å²) in [6.07, 6.45) is 2.57. The summed E-state index contributed by atoms with van der Waals surface area (Å²) in [5.74, 6) is 1.19. The van der Waals surface area contributed by atoms with Gasteiger partial charge in [0.2, 0.25) is 0 Å². The van der Waals surface area contributed by atoms with E-state index in [9.17, 15) is 0 Å². The van der Waals surface area contributed by atoms with Crippen LogP contribution in [0.15, 0.2) is 0 Å². The minimum absolute atomic E-state index is 0.341. The van der Waals surface area contributed by atoms with Crippen LogP contribution in [0.1, 0.15) is 19.8 Å². The molecule has 0 aromatic rings. The number of hydrogen-bond acceptors (Lipinski definition) is 3. The van der Waals surface area contributed by atoms with Crippen molar-refractivity contribution in [1.82, 2.24) is 4.90 Å². The highest BCUT2D eigenvalue weighted by Gasteiger charge is 2.18. The van der Waals surface area contributed by atoms with E-state index < -0.39 is 0 Å². The Balaban J connectivity index is 2.16. The van der Waals surface area contributed by atoms with Gasteiger partial charge in [0.1, 0.15) is 0 Å². The van der Waals surface area contributed by atoms with Crippen molar-refractivity contribution < 1.29 is 5.11 Å². The second kappa shape index (κ2) is 5.84. The summed E-state index contributed by atoms with van der Waals surface area (Å²) >= 11 is 1.91. The molecule has 1 aliphatic rings. The first kappa shape index (κ1) is 10.4. The van der Waals surface area contributed by atoms with Crippen LogP contribution in [0.3, 0.4) is 0 Å². The van der Waals surface area contributed by atoms with Gasteiger partial charge < -0.3 is 10.0 Å². The molecular weight excluding hydrogens is 170 g/mol. The van der Waals surface area contributed by atoms with Gasteiger partial charge in [-0.2, -0.15) is 11.8 Å². The first-order valence-corrected chi connectivity index (χ1v) is 5.86. The maximum atomic E-state index is 8.99. The van der Waals surface area contributed by atoms with Crippen LogP contribution in [0.25, 0.3) is 0 Å². The maximum absolute atomic E-state index is 8.99. The molecular formula is C9H19NOS. The molecule has 1 heterocycles. The fourth-order valence-corrected chi connectivity index (χ4v) is 2.59. The molecule has 3 heteroatoms. The molecule has 1 rings (SSSR count). The molecule has 1 aliphatic heterocycles. The molecule has 1 saturated heterocycles. The standard InChI is InChI=1S/C9H19NOS/c1-2-3-4-10-5-6-12-9(7-10)8-11/h9,11H,2-8H2,1H3. The van der Waals surface area contributed by atoms with E-state index in [2.05, 4.69) is 11.8 Å². The van der Waals surface area contributed by atoms with E-state index in [0.29, 0.717) is 11.9 Å². The Kier molecular flexibility index (Phi) is 5.04. The van der Waals surface area contributed by atoms with Crippen molar-refractivity contribution in [3.8, 4) is 0 Å². The summed E-state index contributed by atoms with van der Waals surface area (Å²) < 4.78 is 0. The molecule has 0 aliphatic carbocycles. The van der Waals surface area contributed by atoms with Gasteiger partial charge >= 0.3 is 0 Å². The maximum Gasteiger partial charge on any atom is 0.0562 e. The Labute approximate surface area is 79.3 Å². The van der Waals surface area contributed by atoms with Crippen molar-refractivity contribution in [1.29, 1.82) is 0 Å². The van der Waals surface area contributed by atoms with E-state index in [0.717, 1.165) is 6.54 Å². The molecule has 0 radical (unpaired) electrons. The SMILES string of the molecule is CCCCN1CCSC(CO)C1. The van der Waals surface area contributed by atoms with E-state index in [4.69, 9.17) is 5.11 Å². The van der Waals surface area contributed by atoms with Crippen LogP contribution in [-0.2, 0) is 0 Å². The van der Waals surface area contributed by atoms with Crippen LogP contribution in [-0.4, -0.2) is 47.3 Å². The number of unbranched alkanes of at least 4 members (excludes halogenated alkanes) is 1. The molecule has 1 N–H and O–H groups in total. The molecule has 0 saturated carbocycles. The molecule has 0 spiro atoms. The fourth-order valence-electron chi connectivity index (χ4n) is 1.48. The molecule has 2 nitrogen and oxygen atoms in total. The van der Waals surface area contributed by atoms with Gasteiger partial charge in [-0.05, 0) is 13.0 Å². The first-order chi connectivity index (χ1) is 5.86. The van der Waals surface area contributed by atoms with E-state index >= 15 is 0 Å². The van der Waals surface area contributed by atoms with Gasteiger partial charge in [-0.15, -0.1) is 0 Å². The lowest BCUT2D eigenvalue weighted by Crippen LogP contribution is -2.39. The van der Waals surface area contributed by atoms with Gasteiger partial charge in [0, 0.05) is 24.1 Å².